The summed E-state index contributed by atoms with van der Waals surface area (Å²) < 4.78 is 22.2. The van der Waals surface area contributed by atoms with Crippen LogP contribution in [0.3, 0.4) is 0 Å². The van der Waals surface area contributed by atoms with Gasteiger partial charge < -0.3 is 29.2 Å². The Balaban J connectivity index is 1.34. The molecule has 5 N–H and O–H groups in total. The van der Waals surface area contributed by atoms with Gasteiger partial charge in [0.15, 0.2) is 0 Å². The Labute approximate surface area is 275 Å². The molecule has 0 bridgehead atoms. The molecule has 3 aliphatic carbocycles. The Bertz CT molecular complexity index is 975. The predicted molar refractivity (Wildman–Crippen MR) is 174 cm³/mol. The molecule has 11 atom stereocenters. The first-order chi connectivity index (χ1) is 21.9. The number of hydrogen-bond donors (Lipinski definition) is 5. The van der Waals surface area contributed by atoms with E-state index >= 15 is 0 Å². The van der Waals surface area contributed by atoms with Gasteiger partial charge in [0.2, 0.25) is 0 Å². The fourth-order valence-corrected chi connectivity index (χ4v) is 7.94. The van der Waals surface area contributed by atoms with E-state index in [1.165, 1.54) is 12.8 Å². The number of carbonyl (C=O) groups excluding carboxylic acids is 2. The van der Waals surface area contributed by atoms with E-state index in [0.29, 0.717) is 35.8 Å². The molecule has 0 aromatic rings. The van der Waals surface area contributed by atoms with Crippen LogP contribution in [-0.2, 0) is 28.5 Å². The summed E-state index contributed by atoms with van der Waals surface area (Å²) in [6.45, 7) is 16.0. The lowest BCUT2D eigenvalue weighted by Gasteiger charge is -2.52. The highest BCUT2D eigenvalue weighted by atomic mass is 16.6. The van der Waals surface area contributed by atoms with Gasteiger partial charge in [0.1, 0.15) is 13.2 Å². The molecule has 0 aromatic carbocycles. The highest BCUT2D eigenvalue weighted by Gasteiger charge is 2.45. The van der Waals surface area contributed by atoms with Crippen molar-refractivity contribution in [3.63, 3.8) is 0 Å². The number of esters is 2. The maximum absolute atomic E-state index is 11.6. The fourth-order valence-electron chi connectivity index (χ4n) is 7.94. The number of rotatable bonds is 13. The van der Waals surface area contributed by atoms with Crippen LogP contribution in [0.1, 0.15) is 85.5 Å². The molecule has 4 aliphatic rings. The largest absolute Gasteiger partial charge is 0.460 e. The van der Waals surface area contributed by atoms with Crippen molar-refractivity contribution < 1.29 is 38.7 Å². The average molecular weight is 650 g/mol. The Morgan fingerprint density at radius 2 is 1.04 bits per heavy atom. The van der Waals surface area contributed by atoms with Gasteiger partial charge in [-0.05, 0) is 83.0 Å². The normalized spacial score (nSPS) is 38.5. The van der Waals surface area contributed by atoms with Gasteiger partial charge in [-0.15, -0.1) is 0 Å². The Morgan fingerprint density at radius 1 is 0.630 bits per heavy atom. The van der Waals surface area contributed by atoms with Gasteiger partial charge in [-0.1, -0.05) is 33.4 Å². The quantitative estimate of drug-likeness (QED) is 0.114. The van der Waals surface area contributed by atoms with Crippen LogP contribution in [0.2, 0.25) is 0 Å². The molecule has 11 heteroatoms. The monoisotopic (exact) mass is 649 g/mol. The maximum atomic E-state index is 11.6. The van der Waals surface area contributed by atoms with Gasteiger partial charge in [0.25, 0.3) is 0 Å². The molecule has 11 nitrogen and oxygen atoms in total. The minimum atomic E-state index is -0.557. The Hall–Kier alpha value is -1.86. The summed E-state index contributed by atoms with van der Waals surface area (Å²) in [6, 6.07) is 0. The first-order valence-corrected chi connectivity index (χ1v) is 17.5. The van der Waals surface area contributed by atoms with Gasteiger partial charge in [0.05, 0.1) is 56.1 Å². The van der Waals surface area contributed by atoms with Crippen LogP contribution in [-0.4, -0.2) is 91.5 Å². The molecule has 46 heavy (non-hydrogen) atoms. The van der Waals surface area contributed by atoms with Crippen molar-refractivity contribution in [3.05, 3.63) is 24.3 Å². The standard InChI is InChI=1S/C35H59N3O8/c1-20(2)34(41)45-15-13-43-24-8-11-27(29(39)18-24)32-36-31(26-10-7-22(5)17-23(26)6)37-33(38-32)28-12-9-25(19-30(28)40)44-14-16-46-35(42)21(3)4/h22-33,36-40H,1,3,7-19H2,2,4-6H3. The molecule has 4 rings (SSSR count). The Kier molecular flexibility index (Phi) is 14.1. The zero-order valence-corrected chi connectivity index (χ0v) is 28.4. The maximum Gasteiger partial charge on any atom is 0.333 e. The third-order valence-corrected chi connectivity index (χ3v) is 10.5. The molecule has 1 aliphatic heterocycles. The third-order valence-electron chi connectivity index (χ3n) is 10.5. The molecule has 1 saturated heterocycles. The minimum Gasteiger partial charge on any atom is -0.460 e. The van der Waals surface area contributed by atoms with Crippen molar-refractivity contribution in [2.24, 2.45) is 29.6 Å². The van der Waals surface area contributed by atoms with Crippen molar-refractivity contribution in [1.82, 2.24) is 16.0 Å². The number of carbonyl (C=O) groups is 2. The van der Waals surface area contributed by atoms with E-state index in [1.807, 2.05) is 0 Å². The van der Waals surface area contributed by atoms with Crippen molar-refractivity contribution in [2.75, 3.05) is 26.4 Å². The molecule has 1 heterocycles. The highest BCUT2D eigenvalue weighted by molar-refractivity contribution is 5.87. The lowest BCUT2D eigenvalue weighted by atomic mass is 9.73. The topological polar surface area (TPSA) is 148 Å². The molecule has 11 unspecified atom stereocenters. The van der Waals surface area contributed by atoms with E-state index in [2.05, 4.69) is 43.0 Å². The Morgan fingerprint density at radius 3 is 1.43 bits per heavy atom. The van der Waals surface area contributed by atoms with Gasteiger partial charge in [-0.2, -0.15) is 0 Å². The van der Waals surface area contributed by atoms with Crippen LogP contribution in [0, 0.1) is 29.6 Å². The number of hydrogen-bond acceptors (Lipinski definition) is 11. The molecule has 0 spiro atoms. The number of nitrogens with one attached hydrogen (secondary N) is 3. The smallest absolute Gasteiger partial charge is 0.333 e. The van der Waals surface area contributed by atoms with Gasteiger partial charge in [0, 0.05) is 23.0 Å². The molecule has 3 saturated carbocycles. The summed E-state index contributed by atoms with van der Waals surface area (Å²) >= 11 is 0. The minimum absolute atomic E-state index is 0.00950. The van der Waals surface area contributed by atoms with Crippen LogP contribution < -0.4 is 16.0 Å². The van der Waals surface area contributed by atoms with Crippen LogP contribution in [0.25, 0.3) is 0 Å². The zero-order chi connectivity index (χ0) is 33.4. The summed E-state index contributed by atoms with van der Waals surface area (Å²) in [5.74, 6) is 0.884. The molecule has 0 aromatic heterocycles. The van der Waals surface area contributed by atoms with Crippen molar-refractivity contribution in [1.29, 1.82) is 0 Å². The average Bonchev–Trinajstić information content (AvgIpc) is 3.01. The third kappa shape index (κ3) is 10.3. The van der Waals surface area contributed by atoms with E-state index in [0.717, 1.165) is 38.0 Å². The van der Waals surface area contributed by atoms with E-state index in [-0.39, 0.29) is 69.0 Å². The molecule has 0 amide bonds. The van der Waals surface area contributed by atoms with Crippen molar-refractivity contribution >= 4 is 11.9 Å². The van der Waals surface area contributed by atoms with Gasteiger partial charge in [-0.25, -0.2) is 9.59 Å². The second kappa shape index (κ2) is 17.5. The number of aliphatic hydroxyl groups is 2. The highest BCUT2D eigenvalue weighted by Crippen LogP contribution is 2.38. The van der Waals surface area contributed by atoms with E-state index in [4.69, 9.17) is 18.9 Å². The van der Waals surface area contributed by atoms with E-state index < -0.39 is 24.1 Å². The summed E-state index contributed by atoms with van der Waals surface area (Å²) in [5, 5.41) is 34.2. The lowest BCUT2D eigenvalue weighted by Crippen LogP contribution is -2.74. The molecular formula is C35H59N3O8. The van der Waals surface area contributed by atoms with Gasteiger partial charge >= 0.3 is 11.9 Å². The van der Waals surface area contributed by atoms with Crippen LogP contribution in [0.15, 0.2) is 24.3 Å². The first kappa shape index (κ1) is 37.0. The SMILES string of the molecule is C=C(C)C(=O)OCCOC1CCC(C2NC(C3CCC(C)CC3C)NC(C3CCC(OCCOC(=O)C(=C)C)CC3O)N2)C(O)C1. The number of ether oxygens (including phenoxy) is 4. The lowest BCUT2D eigenvalue weighted by molar-refractivity contribution is -0.142. The fraction of sp³-hybridized carbons (Fsp3) is 0.829. The summed E-state index contributed by atoms with van der Waals surface area (Å²) in [7, 11) is 0. The second-order valence-electron chi connectivity index (χ2n) is 14.4. The van der Waals surface area contributed by atoms with Crippen molar-refractivity contribution in [2.45, 2.75) is 128 Å². The molecular weight excluding hydrogens is 590 g/mol. The summed E-state index contributed by atoms with van der Waals surface area (Å²) in [5.41, 5.74) is 0.721. The van der Waals surface area contributed by atoms with Crippen molar-refractivity contribution in [3.8, 4) is 0 Å². The molecule has 0 radical (unpaired) electrons. The predicted octanol–water partition coefficient (Wildman–Crippen LogP) is 3.15. The second-order valence-corrected chi connectivity index (χ2v) is 14.4. The summed E-state index contributed by atoms with van der Waals surface area (Å²) in [4.78, 5) is 23.3. The van der Waals surface area contributed by atoms with E-state index in [1.54, 1.807) is 13.8 Å². The van der Waals surface area contributed by atoms with Crippen LogP contribution in [0.5, 0.6) is 0 Å². The van der Waals surface area contributed by atoms with Crippen LogP contribution in [0.4, 0.5) is 0 Å². The number of aliphatic hydroxyl groups excluding tert-OH is 2. The van der Waals surface area contributed by atoms with Gasteiger partial charge in [-0.3, -0.25) is 16.0 Å². The van der Waals surface area contributed by atoms with E-state index in [9.17, 15) is 19.8 Å². The first-order valence-electron chi connectivity index (χ1n) is 17.5. The zero-order valence-electron chi connectivity index (χ0n) is 28.4. The summed E-state index contributed by atoms with van der Waals surface area (Å²) in [6.07, 6.45) is 6.34. The van der Waals surface area contributed by atoms with Crippen LogP contribution >= 0.6 is 0 Å². The molecule has 4 fully saturated rings. The molecule has 262 valence electrons.